The third-order valence-corrected chi connectivity index (χ3v) is 12.3. The Morgan fingerprint density at radius 2 is 1.06 bits per heavy atom. The highest BCUT2D eigenvalue weighted by Gasteiger charge is 2.39. The second-order valence-electron chi connectivity index (χ2n) is 18.6. The van der Waals surface area contributed by atoms with Crippen molar-refractivity contribution in [3.05, 3.63) is 108 Å². The smallest absolute Gasteiger partial charge is 0.326 e. The van der Waals surface area contributed by atoms with E-state index >= 15 is 0 Å². The number of aliphatic imine (C=N–C) groups is 1. The van der Waals surface area contributed by atoms with Gasteiger partial charge in [0.1, 0.15) is 42.3 Å². The molecule has 0 unspecified atom stereocenters. The van der Waals surface area contributed by atoms with Crippen molar-refractivity contribution in [1.82, 2.24) is 42.1 Å². The number of nitrogens with zero attached hydrogens (tertiary/aromatic N) is 2. The van der Waals surface area contributed by atoms with Crippen molar-refractivity contribution in [3.8, 4) is 0 Å². The van der Waals surface area contributed by atoms with E-state index in [2.05, 4.69) is 42.2 Å². The van der Waals surface area contributed by atoms with Gasteiger partial charge < -0.3 is 75.3 Å². The number of hydrogen-bond acceptors (Lipinski definition) is 13. The molecule has 1 fully saturated rings. The molecule has 9 amide bonds. The lowest BCUT2D eigenvalue weighted by Gasteiger charge is -2.29. The number of rotatable bonds is 31. The highest BCUT2D eigenvalue weighted by Crippen LogP contribution is 2.20. The molecule has 0 bridgehead atoms. The lowest BCUT2D eigenvalue weighted by Crippen LogP contribution is -2.60. The van der Waals surface area contributed by atoms with Crippen LogP contribution in [0.4, 0.5) is 0 Å². The molecule has 4 rings (SSSR count). The van der Waals surface area contributed by atoms with E-state index in [4.69, 9.17) is 22.9 Å². The summed E-state index contributed by atoms with van der Waals surface area (Å²) in [6, 6.07) is 14.1. The van der Waals surface area contributed by atoms with E-state index in [9.17, 15) is 63.0 Å². The van der Waals surface area contributed by atoms with Gasteiger partial charge in [-0.05, 0) is 55.7 Å². The van der Waals surface area contributed by atoms with E-state index in [0.717, 1.165) is 0 Å². The van der Waals surface area contributed by atoms with Crippen molar-refractivity contribution in [3.63, 3.8) is 0 Å². The Bertz CT molecular complexity index is 2600. The highest BCUT2D eigenvalue weighted by atomic mass is 16.4. The number of nitrogens with one attached hydrogen (secondary N) is 7. The van der Waals surface area contributed by atoms with Crippen molar-refractivity contribution in [2.75, 3.05) is 19.6 Å². The summed E-state index contributed by atoms with van der Waals surface area (Å²) < 4.78 is 0. The van der Waals surface area contributed by atoms with Gasteiger partial charge in [0.25, 0.3) is 0 Å². The predicted molar refractivity (Wildman–Crippen MR) is 282 cm³/mol. The van der Waals surface area contributed by atoms with Crippen LogP contribution in [0.15, 0.2) is 96.0 Å². The fourth-order valence-electron chi connectivity index (χ4n) is 8.29. The SMILES string of the molecule is C[C@H](N)C(=O)N[C@@H](CCC(N)=O)C(=O)N1CCC[C@H]1C(=O)NCC(=O)N[C@@H](Cc1ccccc1)C(=O)N[C@@H](Cc1ccccc1)C(=O)N[C@@H](CC(=O)O)C(=O)N[C@@H](CCCN=C(N)N)C(=O)N[C@@H](Cc1ccccc1)C(=O)O. The molecule has 8 atom stereocenters. The van der Waals surface area contributed by atoms with E-state index in [-0.39, 0.29) is 70.4 Å². The topological polar surface area (TPSA) is 432 Å². The molecule has 78 heavy (non-hydrogen) atoms. The molecule has 26 heteroatoms. The van der Waals surface area contributed by atoms with Crippen LogP contribution in [0.5, 0.6) is 0 Å². The average molecular weight is 1080 g/mol. The lowest BCUT2D eigenvalue weighted by molar-refractivity contribution is -0.143. The molecule has 1 heterocycles. The van der Waals surface area contributed by atoms with Gasteiger partial charge in [-0.2, -0.15) is 0 Å². The van der Waals surface area contributed by atoms with Crippen molar-refractivity contribution in [1.29, 1.82) is 0 Å². The third-order valence-electron chi connectivity index (χ3n) is 12.3. The Hall–Kier alpha value is -8.94. The van der Waals surface area contributed by atoms with Gasteiger partial charge in [-0.3, -0.25) is 52.9 Å². The summed E-state index contributed by atoms with van der Waals surface area (Å²) in [4.78, 5) is 151. The fraction of sp³-hybridized carbons (Fsp3) is 0.423. The standard InChI is InChI=1S/C52H69N13O13/c1-30(53)44(70)61-35(21-22-41(54)66)50(76)65-24-12-20-40(65)49(75)58-29-42(67)59-36(25-31-13-5-2-6-14-31)46(72)62-37(26-32-15-7-3-8-16-32)47(73)63-38(28-43(68)69)48(74)60-34(19-11-23-57-52(55)56)45(71)64-39(51(77)78)27-33-17-9-4-10-18-33/h2-10,13-18,30,34-40H,11-12,19-29,53H2,1H3,(H2,54,66)(H,58,75)(H,59,67)(H,60,74)(H,61,70)(H,62,72)(H,63,73)(H,64,71)(H,68,69)(H,77,78)(H4,55,56,57)/t30-,34-,35-,36-,37-,38-,39-,40-/m0/s1. The van der Waals surface area contributed by atoms with Crippen molar-refractivity contribution in [2.45, 2.75) is 119 Å². The molecule has 3 aromatic carbocycles. The molecule has 0 aromatic heterocycles. The molecule has 3 aromatic rings. The number of nitrogens with two attached hydrogens (primary N) is 4. The summed E-state index contributed by atoms with van der Waals surface area (Å²) in [6.07, 6.45) is -1.40. The Morgan fingerprint density at radius 1 is 0.603 bits per heavy atom. The number of benzene rings is 3. The van der Waals surface area contributed by atoms with Gasteiger partial charge in [-0.25, -0.2) is 4.79 Å². The third kappa shape index (κ3) is 21.0. The first kappa shape index (κ1) is 61.6. The number of amides is 9. The Balaban J connectivity index is 1.55. The van der Waals surface area contributed by atoms with Crippen LogP contribution >= 0.6 is 0 Å². The van der Waals surface area contributed by atoms with Crippen molar-refractivity contribution in [2.24, 2.45) is 27.9 Å². The monoisotopic (exact) mass is 1080 g/mol. The van der Waals surface area contributed by atoms with Gasteiger partial charge in [0.2, 0.25) is 53.2 Å². The van der Waals surface area contributed by atoms with Crippen LogP contribution in [0.2, 0.25) is 0 Å². The molecular formula is C52H69N13O13. The predicted octanol–water partition coefficient (Wildman–Crippen LogP) is -3.04. The number of guanidine groups is 1. The number of carbonyl (C=O) groups is 11. The lowest BCUT2D eigenvalue weighted by atomic mass is 10.0. The Morgan fingerprint density at radius 3 is 1.56 bits per heavy atom. The van der Waals surface area contributed by atoms with Crippen LogP contribution in [0, 0.1) is 0 Å². The van der Waals surface area contributed by atoms with Gasteiger partial charge in [-0.1, -0.05) is 91.0 Å². The Kier molecular flexibility index (Phi) is 24.6. The summed E-state index contributed by atoms with van der Waals surface area (Å²) in [5, 5.41) is 37.4. The quantitative estimate of drug-likeness (QED) is 0.0173. The minimum absolute atomic E-state index is 0.00683. The Labute approximate surface area is 449 Å². The normalized spacial score (nSPS) is 15.5. The average Bonchev–Trinajstić information content (AvgIpc) is 3.90. The van der Waals surface area contributed by atoms with Crippen LogP contribution in [0.25, 0.3) is 0 Å². The van der Waals surface area contributed by atoms with Crippen LogP contribution in [0.1, 0.15) is 68.6 Å². The maximum absolute atomic E-state index is 14.4. The summed E-state index contributed by atoms with van der Waals surface area (Å²) in [5.74, 6) is -10.8. The zero-order valence-corrected chi connectivity index (χ0v) is 43.1. The summed E-state index contributed by atoms with van der Waals surface area (Å²) in [7, 11) is 0. The first-order chi connectivity index (χ1) is 37.1. The van der Waals surface area contributed by atoms with Gasteiger partial charge in [0.05, 0.1) is 19.0 Å². The summed E-state index contributed by atoms with van der Waals surface area (Å²) in [5.41, 5.74) is 23.5. The minimum atomic E-state index is -1.87. The number of carbonyl (C=O) groups excluding carboxylic acids is 9. The van der Waals surface area contributed by atoms with Crippen LogP contribution in [-0.2, 0) is 72.0 Å². The van der Waals surface area contributed by atoms with Crippen molar-refractivity contribution < 1.29 is 63.0 Å². The number of likely N-dealkylation sites (tertiary alicyclic amines) is 1. The zero-order valence-electron chi connectivity index (χ0n) is 43.1. The molecule has 1 aliphatic heterocycles. The second kappa shape index (κ2) is 31.2. The number of aliphatic carboxylic acids is 2. The molecule has 1 saturated heterocycles. The molecule has 420 valence electrons. The maximum Gasteiger partial charge on any atom is 0.326 e. The highest BCUT2D eigenvalue weighted by molar-refractivity contribution is 5.98. The fourth-order valence-corrected chi connectivity index (χ4v) is 8.29. The summed E-state index contributed by atoms with van der Waals surface area (Å²) in [6.45, 7) is 0.833. The maximum atomic E-state index is 14.4. The van der Waals surface area contributed by atoms with Gasteiger partial charge in [-0.15, -0.1) is 0 Å². The molecule has 17 N–H and O–H groups in total. The summed E-state index contributed by atoms with van der Waals surface area (Å²) >= 11 is 0. The molecule has 26 nitrogen and oxygen atoms in total. The number of hydrogen-bond donors (Lipinski definition) is 13. The zero-order chi connectivity index (χ0) is 57.3. The van der Waals surface area contributed by atoms with E-state index < -0.39 is 126 Å². The first-order valence-corrected chi connectivity index (χ1v) is 25.2. The minimum Gasteiger partial charge on any atom is -0.481 e. The molecule has 0 spiro atoms. The van der Waals surface area contributed by atoms with Gasteiger partial charge >= 0.3 is 11.9 Å². The van der Waals surface area contributed by atoms with E-state index in [1.165, 1.54) is 11.8 Å². The molecule has 0 aliphatic carbocycles. The molecular weight excluding hydrogens is 1010 g/mol. The molecule has 0 saturated carbocycles. The van der Waals surface area contributed by atoms with E-state index in [1.807, 2.05) is 0 Å². The van der Waals surface area contributed by atoms with Crippen LogP contribution < -0.4 is 60.2 Å². The van der Waals surface area contributed by atoms with Gasteiger partial charge in [0.15, 0.2) is 5.96 Å². The van der Waals surface area contributed by atoms with E-state index in [0.29, 0.717) is 23.1 Å². The molecule has 0 radical (unpaired) electrons. The molecule has 1 aliphatic rings. The van der Waals surface area contributed by atoms with E-state index in [1.54, 1.807) is 91.0 Å². The largest absolute Gasteiger partial charge is 0.481 e. The number of carboxylic acid groups (broad SMARTS) is 2. The first-order valence-electron chi connectivity index (χ1n) is 25.2. The number of carboxylic acids is 2. The second-order valence-corrected chi connectivity index (χ2v) is 18.6. The van der Waals surface area contributed by atoms with Crippen LogP contribution in [0.3, 0.4) is 0 Å². The van der Waals surface area contributed by atoms with Crippen LogP contribution in [-0.4, -0.2) is 154 Å². The van der Waals surface area contributed by atoms with Gasteiger partial charge in [0, 0.05) is 38.8 Å². The van der Waals surface area contributed by atoms with Crippen molar-refractivity contribution >= 4 is 71.1 Å². The number of primary amides is 1.